The number of carboxylic acids is 1. The summed E-state index contributed by atoms with van der Waals surface area (Å²) in [7, 11) is 0. The predicted molar refractivity (Wildman–Crippen MR) is 258 cm³/mol. The van der Waals surface area contributed by atoms with Crippen molar-refractivity contribution in [3.63, 3.8) is 0 Å². The first-order chi connectivity index (χ1) is 31.6. The maximum atomic E-state index is 13.6. The molecule has 0 bridgehead atoms. The molecule has 382 valence electrons. The van der Waals surface area contributed by atoms with E-state index in [0.29, 0.717) is 12.8 Å². The number of unbranched alkanes of at least 4 members (excludes halogenated alkanes) is 28. The number of aliphatic hydroxyl groups excluding tert-OH is 3. The van der Waals surface area contributed by atoms with E-state index in [1.807, 2.05) is 0 Å². The third-order valence-corrected chi connectivity index (χ3v) is 12.9. The lowest BCUT2D eigenvalue weighted by Crippen LogP contribution is -2.65. The Morgan fingerprint density at radius 3 is 1.43 bits per heavy atom. The molecule has 0 aromatic heterocycles. The average Bonchev–Trinajstić information content (AvgIpc) is 3.28. The zero-order chi connectivity index (χ0) is 47.8. The minimum absolute atomic E-state index is 0.127. The normalized spacial score (nSPS) is 19.4. The van der Waals surface area contributed by atoms with Crippen molar-refractivity contribution in [1.29, 1.82) is 0 Å². The molecular formula is C52H98N2O11. The number of carboxylic acid groups (broad SMARTS) is 1. The van der Waals surface area contributed by atoms with Gasteiger partial charge in [-0.3, -0.25) is 14.4 Å². The van der Waals surface area contributed by atoms with Crippen LogP contribution in [0.2, 0.25) is 0 Å². The molecule has 13 nitrogen and oxygen atoms in total. The highest BCUT2D eigenvalue weighted by molar-refractivity contribution is 5.83. The van der Waals surface area contributed by atoms with Crippen molar-refractivity contribution in [2.75, 3.05) is 13.2 Å². The Morgan fingerprint density at radius 1 is 0.554 bits per heavy atom. The molecule has 65 heavy (non-hydrogen) atoms. The van der Waals surface area contributed by atoms with Gasteiger partial charge in [-0.15, -0.1) is 0 Å². The van der Waals surface area contributed by atoms with Gasteiger partial charge in [-0.1, -0.05) is 201 Å². The average molecular weight is 927 g/mol. The second kappa shape index (κ2) is 41.8. The maximum absolute atomic E-state index is 13.6. The highest BCUT2D eigenvalue weighted by Gasteiger charge is 2.46. The van der Waals surface area contributed by atoms with Gasteiger partial charge in [0.15, 0.2) is 6.29 Å². The van der Waals surface area contributed by atoms with E-state index >= 15 is 0 Å². The summed E-state index contributed by atoms with van der Waals surface area (Å²) in [5.41, 5.74) is 0. The molecule has 1 aliphatic heterocycles. The van der Waals surface area contributed by atoms with E-state index in [-0.39, 0.29) is 44.2 Å². The molecule has 0 unspecified atom stereocenters. The van der Waals surface area contributed by atoms with Crippen molar-refractivity contribution < 1.29 is 53.8 Å². The number of amides is 2. The van der Waals surface area contributed by atoms with Crippen molar-refractivity contribution in [1.82, 2.24) is 10.6 Å². The Morgan fingerprint density at radius 2 is 0.985 bits per heavy atom. The van der Waals surface area contributed by atoms with Gasteiger partial charge in [0.05, 0.1) is 19.6 Å². The standard InChI is InChI=1S/C52H98N2O11/c1-4-7-10-13-16-19-21-24-27-30-33-36-45(56)53-43(51(61)62)38-39-63-52-48(50(60)49(59)44(41-55)65-52)54-46(57)40-42(35-32-29-26-23-18-15-12-9-6-3)64-47(58)37-34-31-28-25-22-20-17-14-11-8-5-2/h42-44,48-50,52,55,59-60H,4-41H2,1-3H3,(H,53,56)(H,54,57)(H,61,62)/t42-,43+,44-,48-,49-,50-,52-/m1/s1. The van der Waals surface area contributed by atoms with Gasteiger partial charge in [0, 0.05) is 19.3 Å². The van der Waals surface area contributed by atoms with Crippen LogP contribution in [0.1, 0.15) is 252 Å². The molecule has 0 aliphatic carbocycles. The van der Waals surface area contributed by atoms with Crippen LogP contribution >= 0.6 is 0 Å². The lowest BCUT2D eigenvalue weighted by molar-refractivity contribution is -0.270. The van der Waals surface area contributed by atoms with Crippen LogP contribution in [-0.2, 0) is 33.4 Å². The van der Waals surface area contributed by atoms with Gasteiger partial charge in [0.2, 0.25) is 11.8 Å². The van der Waals surface area contributed by atoms with Gasteiger partial charge >= 0.3 is 11.9 Å². The largest absolute Gasteiger partial charge is 0.480 e. The fraction of sp³-hybridized carbons (Fsp3) is 0.923. The summed E-state index contributed by atoms with van der Waals surface area (Å²) in [5.74, 6) is -2.46. The van der Waals surface area contributed by atoms with E-state index in [0.717, 1.165) is 70.6 Å². The lowest BCUT2D eigenvalue weighted by Gasteiger charge is -2.42. The first-order valence-corrected chi connectivity index (χ1v) is 26.8. The Labute approximate surface area is 395 Å². The molecule has 6 N–H and O–H groups in total. The van der Waals surface area contributed by atoms with E-state index < -0.39 is 61.3 Å². The maximum Gasteiger partial charge on any atom is 0.326 e. The molecule has 0 spiro atoms. The van der Waals surface area contributed by atoms with Crippen LogP contribution in [0.25, 0.3) is 0 Å². The number of carbonyl (C=O) groups is 4. The SMILES string of the molecule is CCCCCCCCCCCCCC(=O)N[C@@H](CCO[C@@H]1O[C@H](CO)[C@@H](O)[C@H](O)[C@H]1NC(=O)C[C@@H](CCCCCCCCCCC)OC(=O)CCCCCCCCCCCCC)C(=O)O. The van der Waals surface area contributed by atoms with Crippen molar-refractivity contribution >= 4 is 23.8 Å². The van der Waals surface area contributed by atoms with Gasteiger partial charge in [0.1, 0.15) is 36.5 Å². The van der Waals surface area contributed by atoms with Gasteiger partial charge in [-0.2, -0.15) is 0 Å². The molecule has 1 rings (SSSR count). The number of carbonyl (C=O) groups excluding carboxylic acids is 3. The molecule has 0 aromatic carbocycles. The molecular weight excluding hydrogens is 829 g/mol. The molecule has 13 heteroatoms. The zero-order valence-corrected chi connectivity index (χ0v) is 41.6. The number of aliphatic carboxylic acids is 1. The predicted octanol–water partition coefficient (Wildman–Crippen LogP) is 10.5. The molecule has 1 saturated heterocycles. The Hall–Kier alpha value is -2.32. The fourth-order valence-electron chi connectivity index (χ4n) is 8.67. The summed E-state index contributed by atoms with van der Waals surface area (Å²) < 4.78 is 17.5. The first kappa shape index (κ1) is 60.7. The van der Waals surface area contributed by atoms with E-state index in [1.165, 1.54) is 122 Å². The minimum Gasteiger partial charge on any atom is -0.480 e. The van der Waals surface area contributed by atoms with E-state index in [1.54, 1.807) is 0 Å². The fourth-order valence-corrected chi connectivity index (χ4v) is 8.67. The summed E-state index contributed by atoms with van der Waals surface area (Å²) in [6.45, 7) is 5.78. The number of nitrogens with one attached hydrogen (secondary N) is 2. The molecule has 1 fully saturated rings. The van der Waals surface area contributed by atoms with Crippen LogP contribution in [0.3, 0.4) is 0 Å². The monoisotopic (exact) mass is 927 g/mol. The third kappa shape index (κ3) is 32.1. The Bertz CT molecular complexity index is 1180. The van der Waals surface area contributed by atoms with Crippen LogP contribution < -0.4 is 10.6 Å². The smallest absolute Gasteiger partial charge is 0.326 e. The summed E-state index contributed by atoms with van der Waals surface area (Å²) >= 11 is 0. The number of hydrogen-bond acceptors (Lipinski definition) is 10. The molecule has 0 aromatic rings. The summed E-state index contributed by atoms with van der Waals surface area (Å²) in [6.07, 6.45) is 29.9. The topological polar surface area (TPSA) is 201 Å². The van der Waals surface area contributed by atoms with Crippen molar-refractivity contribution in [2.45, 2.75) is 295 Å². The highest BCUT2D eigenvalue weighted by Crippen LogP contribution is 2.24. The number of rotatable bonds is 45. The van der Waals surface area contributed by atoms with Crippen molar-refractivity contribution in [3.8, 4) is 0 Å². The Kier molecular flexibility index (Phi) is 39.1. The number of hydrogen-bond donors (Lipinski definition) is 6. The molecule has 2 amide bonds. The van der Waals surface area contributed by atoms with Gasteiger partial charge < -0.3 is 45.3 Å². The number of aliphatic hydroxyl groups is 3. The number of esters is 1. The summed E-state index contributed by atoms with van der Waals surface area (Å²) in [5, 5.41) is 46.8. The summed E-state index contributed by atoms with van der Waals surface area (Å²) in [6, 6.07) is -2.52. The van der Waals surface area contributed by atoms with Crippen LogP contribution in [0.4, 0.5) is 0 Å². The Balaban J connectivity index is 2.73. The quantitative estimate of drug-likeness (QED) is 0.0251. The highest BCUT2D eigenvalue weighted by atomic mass is 16.7. The molecule has 0 radical (unpaired) electrons. The minimum atomic E-state index is -1.59. The summed E-state index contributed by atoms with van der Waals surface area (Å²) in [4.78, 5) is 51.4. The van der Waals surface area contributed by atoms with Gasteiger partial charge in [0.25, 0.3) is 0 Å². The first-order valence-electron chi connectivity index (χ1n) is 26.8. The van der Waals surface area contributed by atoms with Crippen molar-refractivity contribution in [3.05, 3.63) is 0 Å². The lowest BCUT2D eigenvalue weighted by atomic mass is 9.96. The van der Waals surface area contributed by atoms with Gasteiger partial charge in [-0.25, -0.2) is 4.79 Å². The second-order valence-corrected chi connectivity index (χ2v) is 18.9. The van der Waals surface area contributed by atoms with Gasteiger partial charge in [-0.05, 0) is 25.7 Å². The molecule has 0 saturated carbocycles. The molecule has 7 atom stereocenters. The zero-order valence-electron chi connectivity index (χ0n) is 41.6. The van der Waals surface area contributed by atoms with Crippen LogP contribution in [0.15, 0.2) is 0 Å². The molecule has 1 aliphatic rings. The number of ether oxygens (including phenoxy) is 3. The van der Waals surface area contributed by atoms with E-state index in [2.05, 4.69) is 31.4 Å². The van der Waals surface area contributed by atoms with Crippen LogP contribution in [0, 0.1) is 0 Å². The van der Waals surface area contributed by atoms with Crippen molar-refractivity contribution in [2.24, 2.45) is 0 Å². The van der Waals surface area contributed by atoms with E-state index in [9.17, 15) is 39.6 Å². The van der Waals surface area contributed by atoms with Crippen LogP contribution in [-0.4, -0.2) is 100 Å². The van der Waals surface area contributed by atoms with E-state index in [4.69, 9.17) is 14.2 Å². The molecule has 1 heterocycles. The second-order valence-electron chi connectivity index (χ2n) is 18.9. The third-order valence-electron chi connectivity index (χ3n) is 12.9. The van der Waals surface area contributed by atoms with Crippen LogP contribution in [0.5, 0.6) is 0 Å².